The molecule has 5 atom stereocenters. The van der Waals surface area contributed by atoms with Crippen LogP contribution in [0.15, 0.2) is 47.4 Å². The molecule has 3 aromatic rings. The maximum atomic E-state index is 13.7. The van der Waals surface area contributed by atoms with Gasteiger partial charge in [-0.25, -0.2) is 4.79 Å². The van der Waals surface area contributed by atoms with E-state index >= 15 is 0 Å². The van der Waals surface area contributed by atoms with Crippen LogP contribution in [0.5, 0.6) is 17.2 Å². The first-order valence-corrected chi connectivity index (χ1v) is 21.3. The molecular formula is C46H56N2O11. The highest BCUT2D eigenvalue weighted by Gasteiger charge is 2.55. The summed E-state index contributed by atoms with van der Waals surface area (Å²) < 4.78 is 30.5. The number of piperidine rings is 1. The van der Waals surface area contributed by atoms with E-state index in [4.69, 9.17) is 23.7 Å². The number of allylic oxidation sites excluding steroid dienone is 3. The van der Waals surface area contributed by atoms with Crippen LogP contribution in [0.3, 0.4) is 0 Å². The predicted molar refractivity (Wildman–Crippen MR) is 218 cm³/mol. The average molecular weight is 813 g/mol. The third-order valence-electron chi connectivity index (χ3n) is 13.3. The smallest absolute Gasteiger partial charge is 0.375 e. The number of aliphatic hydroxyl groups is 3. The molecule has 2 aliphatic carbocycles. The number of H-pyrrole nitrogens is 1. The number of aromatic amines is 1. The molecule has 4 heterocycles. The summed E-state index contributed by atoms with van der Waals surface area (Å²) in [5, 5.41) is 34.8. The first-order valence-electron chi connectivity index (χ1n) is 21.3. The number of rotatable bonds is 14. The van der Waals surface area contributed by atoms with Crippen LogP contribution in [0.4, 0.5) is 0 Å². The number of aldehydes is 1. The Morgan fingerprint density at radius 2 is 1.97 bits per heavy atom. The zero-order valence-corrected chi connectivity index (χ0v) is 34.1. The summed E-state index contributed by atoms with van der Waals surface area (Å²) in [4.78, 5) is 46.4. The number of benzene rings is 2. The number of ketones is 1. The Balaban J connectivity index is 1.25. The molecule has 0 unspecified atom stereocenters. The van der Waals surface area contributed by atoms with Gasteiger partial charge >= 0.3 is 5.97 Å². The zero-order chi connectivity index (χ0) is 41.3. The molecule has 1 saturated heterocycles. The first-order chi connectivity index (χ1) is 28.7. The van der Waals surface area contributed by atoms with Crippen LogP contribution in [0, 0.1) is 11.8 Å². The highest BCUT2D eigenvalue weighted by atomic mass is 16.6. The normalized spacial score (nSPS) is 26.8. The minimum absolute atomic E-state index is 0.00456. The lowest BCUT2D eigenvalue weighted by molar-refractivity contribution is -0.151. The fraction of sp³-hybridized carbons (Fsp3) is 0.543. The van der Waals surface area contributed by atoms with E-state index in [-0.39, 0.29) is 79.3 Å². The number of carbonyl (C=O) groups excluding carboxylic acids is 3. The monoisotopic (exact) mass is 812 g/mol. The number of ether oxygens (including phenoxy) is 5. The van der Waals surface area contributed by atoms with Gasteiger partial charge in [-0.1, -0.05) is 18.1 Å². The maximum Gasteiger partial charge on any atom is 0.375 e. The molecule has 3 fully saturated rings. The number of hydrogen-bond donors (Lipinski definition) is 4. The molecule has 0 amide bonds. The zero-order valence-electron chi connectivity index (χ0n) is 34.1. The largest absolute Gasteiger partial charge is 0.492 e. The number of carbonyl (C=O) groups is 3. The Labute approximate surface area is 344 Å². The molecule has 0 spiro atoms. The quantitative estimate of drug-likeness (QED) is 0.0939. The molecule has 5 aliphatic rings. The van der Waals surface area contributed by atoms with Gasteiger partial charge in [-0.3, -0.25) is 9.59 Å². The summed E-state index contributed by atoms with van der Waals surface area (Å²) in [6.07, 6.45) is 7.32. The Kier molecular flexibility index (Phi) is 12.3. The van der Waals surface area contributed by atoms with Gasteiger partial charge in [0.25, 0.3) is 0 Å². The number of aliphatic hydroxyl groups excluding tert-OH is 2. The Bertz CT molecular complexity index is 2150. The molecule has 3 aliphatic heterocycles. The van der Waals surface area contributed by atoms with Gasteiger partial charge < -0.3 is 48.9 Å². The van der Waals surface area contributed by atoms with Gasteiger partial charge in [-0.05, 0) is 93.0 Å². The number of methoxy groups -OCH3 is 1. The molecular weight excluding hydrogens is 757 g/mol. The topological polar surface area (TPSA) is 177 Å². The molecule has 8 rings (SSSR count). The van der Waals surface area contributed by atoms with Crippen LogP contribution in [0.25, 0.3) is 16.5 Å². The van der Waals surface area contributed by atoms with Crippen molar-refractivity contribution >= 4 is 34.5 Å². The van der Waals surface area contributed by atoms with Gasteiger partial charge in [-0.15, -0.1) is 0 Å². The second kappa shape index (κ2) is 17.6. The lowest BCUT2D eigenvalue weighted by Crippen LogP contribution is -2.59. The fourth-order valence-corrected chi connectivity index (χ4v) is 10.5. The van der Waals surface area contributed by atoms with E-state index in [1.165, 1.54) is 0 Å². The Morgan fingerprint density at radius 1 is 1.10 bits per heavy atom. The van der Waals surface area contributed by atoms with Crippen molar-refractivity contribution in [1.29, 1.82) is 0 Å². The van der Waals surface area contributed by atoms with E-state index in [0.717, 1.165) is 67.4 Å². The first kappa shape index (κ1) is 41.2. The summed E-state index contributed by atoms with van der Waals surface area (Å²) >= 11 is 0. The number of nitrogens with one attached hydrogen (secondary N) is 1. The maximum absolute atomic E-state index is 13.7. The molecule has 2 aromatic carbocycles. The fourth-order valence-electron chi connectivity index (χ4n) is 10.5. The van der Waals surface area contributed by atoms with Gasteiger partial charge in [0, 0.05) is 81.4 Å². The summed E-state index contributed by atoms with van der Waals surface area (Å²) in [6, 6.07) is 7.85. The molecule has 2 saturated carbocycles. The molecule has 13 nitrogen and oxygen atoms in total. The van der Waals surface area contributed by atoms with E-state index < -0.39 is 30.2 Å². The highest BCUT2D eigenvalue weighted by Crippen LogP contribution is 2.58. The summed E-state index contributed by atoms with van der Waals surface area (Å²) in [7, 11) is 1.72. The second-order valence-corrected chi connectivity index (χ2v) is 16.6. The van der Waals surface area contributed by atoms with E-state index in [2.05, 4.69) is 9.88 Å². The van der Waals surface area contributed by atoms with Crippen LogP contribution >= 0.6 is 0 Å². The molecule has 1 aromatic heterocycles. The van der Waals surface area contributed by atoms with Crippen molar-refractivity contribution in [1.82, 2.24) is 9.88 Å². The number of hydrogen-bond acceptors (Lipinski definition) is 12. The minimum Gasteiger partial charge on any atom is -0.492 e. The number of nitrogens with zero attached hydrogens (tertiary/aromatic N) is 1. The van der Waals surface area contributed by atoms with Gasteiger partial charge in [0.15, 0.2) is 6.29 Å². The van der Waals surface area contributed by atoms with Gasteiger partial charge in [0.2, 0.25) is 5.76 Å². The highest BCUT2D eigenvalue weighted by molar-refractivity contribution is 6.11. The Hall–Kier alpha value is -4.53. The van der Waals surface area contributed by atoms with Crippen molar-refractivity contribution in [3.63, 3.8) is 0 Å². The average Bonchev–Trinajstić information content (AvgIpc) is 3.92. The van der Waals surface area contributed by atoms with Crippen LogP contribution in [0.1, 0.15) is 92.9 Å². The van der Waals surface area contributed by atoms with Gasteiger partial charge in [0.1, 0.15) is 34.7 Å². The number of likely N-dealkylation sites (tertiary alicyclic amines) is 1. The van der Waals surface area contributed by atoms with Crippen LogP contribution in [-0.2, 0) is 36.9 Å². The van der Waals surface area contributed by atoms with Gasteiger partial charge in [-0.2, -0.15) is 0 Å². The Morgan fingerprint density at radius 3 is 2.75 bits per heavy atom. The van der Waals surface area contributed by atoms with Crippen molar-refractivity contribution in [3.8, 4) is 17.2 Å². The molecule has 4 N–H and O–H groups in total. The number of Topliss-reactive ketones (excluding diaryl/α,β-unsaturated/α-hetero) is 1. The standard InChI is InChI=1S/C46H56N2O11/c1-3-56-45(53)44-33(25-50)39(29-9-11-37(52)31(22-29)27-8-10-36-28(21-27)12-15-47-36)40-42(57-20-6-18-49)32-23-38(58-41(32)34(26-51)43(40)59-44)46(54)14-4-7-30-24-48(16-5-19-55-2)17-13-35(30)46/h8,10,12,15,21,25,30-31,35,38,47,49,51,54H,3-7,9,11,13-14,16-20,22-24,26H2,1-2H3/b39-29-/t30-,31+,35-,38-,46+/m0/s1. The molecule has 59 heavy (non-hydrogen) atoms. The number of esters is 1. The van der Waals surface area contributed by atoms with E-state index in [1.54, 1.807) is 14.0 Å². The third kappa shape index (κ3) is 7.61. The molecule has 316 valence electrons. The second-order valence-electron chi connectivity index (χ2n) is 16.6. The number of fused-ring (bicyclic) bond motifs is 4. The van der Waals surface area contributed by atoms with Crippen LogP contribution in [0.2, 0.25) is 0 Å². The van der Waals surface area contributed by atoms with Crippen molar-refractivity contribution in [2.75, 3.05) is 53.2 Å². The minimum atomic E-state index is -1.17. The van der Waals surface area contributed by atoms with Crippen molar-refractivity contribution in [3.05, 3.63) is 69.6 Å². The lowest BCUT2D eigenvalue weighted by Gasteiger charge is -2.51. The SMILES string of the molecule is CCOC(=O)C1=C(C=O)/C(=C2\CCC(=O)[C@@H](c3ccc4[nH]ccc4c3)C2)c2c(OCCCO)c3c(c(CO)c2O1)O[C@H]([C@@]1(O)CCC[C@H]2CN(CCCOC)CC[C@@H]21)C3. The van der Waals surface area contributed by atoms with E-state index in [0.29, 0.717) is 60.4 Å². The van der Waals surface area contributed by atoms with Crippen LogP contribution < -0.4 is 14.2 Å². The van der Waals surface area contributed by atoms with E-state index in [1.807, 2.05) is 30.5 Å². The number of aromatic nitrogens is 1. The van der Waals surface area contributed by atoms with Gasteiger partial charge in [0.05, 0.1) is 36.5 Å². The van der Waals surface area contributed by atoms with Crippen LogP contribution in [-0.4, -0.2) is 108 Å². The predicted octanol–water partition coefficient (Wildman–Crippen LogP) is 5.31. The third-order valence-corrected chi connectivity index (χ3v) is 13.3. The van der Waals surface area contributed by atoms with Crippen molar-refractivity contribution in [2.24, 2.45) is 11.8 Å². The molecule has 13 heteroatoms. The van der Waals surface area contributed by atoms with Crippen molar-refractivity contribution < 1.29 is 53.4 Å². The molecule has 0 radical (unpaired) electrons. The van der Waals surface area contributed by atoms with Crippen molar-refractivity contribution in [2.45, 2.75) is 95.4 Å². The summed E-state index contributed by atoms with van der Waals surface area (Å²) in [5.41, 5.74) is 3.03. The summed E-state index contributed by atoms with van der Waals surface area (Å²) in [6.45, 7) is 4.54. The summed E-state index contributed by atoms with van der Waals surface area (Å²) in [5.74, 6) is -0.572. The molecule has 0 bridgehead atoms. The lowest BCUT2D eigenvalue weighted by atomic mass is 9.63. The van der Waals surface area contributed by atoms with E-state index in [9.17, 15) is 29.7 Å².